The zero-order chi connectivity index (χ0) is 18.2. The van der Waals surface area contributed by atoms with Crippen LogP contribution in [-0.2, 0) is 0 Å². The zero-order valence-electron chi connectivity index (χ0n) is 14.4. The summed E-state index contributed by atoms with van der Waals surface area (Å²) in [5.74, 6) is 0. The van der Waals surface area contributed by atoms with Gasteiger partial charge in [-0.15, -0.1) is 0 Å². The van der Waals surface area contributed by atoms with Gasteiger partial charge in [0.15, 0.2) is 0 Å². The fourth-order valence-corrected chi connectivity index (χ4v) is 3.88. The number of anilines is 2. The van der Waals surface area contributed by atoms with Crippen molar-refractivity contribution in [2.75, 3.05) is 5.32 Å². The van der Waals surface area contributed by atoms with Crippen LogP contribution in [0.4, 0.5) is 11.4 Å². The molecule has 1 N–H and O–H groups in total. The van der Waals surface area contributed by atoms with Crippen molar-refractivity contribution in [1.82, 2.24) is 9.55 Å². The van der Waals surface area contributed by atoms with Crippen molar-refractivity contribution in [1.29, 1.82) is 0 Å². The Morgan fingerprint density at radius 2 is 1.37 bits per heavy atom. The van der Waals surface area contributed by atoms with E-state index in [4.69, 9.17) is 0 Å². The Balaban J connectivity index is 1.60. The molecule has 27 heavy (non-hydrogen) atoms. The van der Waals surface area contributed by atoms with Crippen LogP contribution in [0.3, 0.4) is 0 Å². The number of nitrogens with zero attached hydrogens (tertiary/aromatic N) is 2. The predicted molar refractivity (Wildman–Crippen MR) is 116 cm³/mol. The first-order chi connectivity index (χ1) is 13.3. The molecular weight excluding hydrogens is 398 g/mol. The highest BCUT2D eigenvalue weighted by Crippen LogP contribution is 2.32. The van der Waals surface area contributed by atoms with Crippen molar-refractivity contribution in [3.05, 3.63) is 95.7 Å². The number of benzene rings is 3. The Bertz CT molecular complexity index is 1200. The molecule has 3 aromatic carbocycles. The molecule has 2 aromatic heterocycles. The van der Waals surface area contributed by atoms with Crippen molar-refractivity contribution in [3.8, 4) is 5.69 Å². The minimum absolute atomic E-state index is 0.941. The van der Waals surface area contributed by atoms with E-state index in [-0.39, 0.29) is 0 Å². The third-order valence-electron chi connectivity index (χ3n) is 4.76. The molecule has 130 valence electrons. The van der Waals surface area contributed by atoms with Crippen LogP contribution in [-0.4, -0.2) is 9.55 Å². The second-order valence-electron chi connectivity index (χ2n) is 6.40. The Morgan fingerprint density at radius 1 is 0.741 bits per heavy atom. The summed E-state index contributed by atoms with van der Waals surface area (Å²) in [5.41, 5.74) is 5.61. The molecule has 0 unspecified atom stereocenters. The van der Waals surface area contributed by atoms with E-state index >= 15 is 0 Å². The molecule has 0 saturated heterocycles. The molecular formula is C23H16BrN3. The number of para-hydroxylation sites is 2. The lowest BCUT2D eigenvalue weighted by Gasteiger charge is -2.11. The minimum Gasteiger partial charge on any atom is -0.355 e. The Kier molecular flexibility index (Phi) is 3.91. The molecule has 0 spiro atoms. The molecule has 0 saturated carbocycles. The van der Waals surface area contributed by atoms with Crippen molar-refractivity contribution in [2.45, 2.75) is 0 Å². The Morgan fingerprint density at radius 3 is 2.00 bits per heavy atom. The summed E-state index contributed by atoms with van der Waals surface area (Å²) in [7, 11) is 0. The van der Waals surface area contributed by atoms with Gasteiger partial charge in [-0.1, -0.05) is 36.4 Å². The van der Waals surface area contributed by atoms with Crippen molar-refractivity contribution >= 4 is 49.1 Å². The normalized spacial score (nSPS) is 11.1. The smallest absolute Gasteiger partial charge is 0.0593 e. The van der Waals surface area contributed by atoms with E-state index in [2.05, 4.69) is 104 Å². The van der Waals surface area contributed by atoms with Crippen LogP contribution >= 0.6 is 15.9 Å². The van der Waals surface area contributed by atoms with Crippen LogP contribution in [0, 0.1) is 0 Å². The van der Waals surface area contributed by atoms with Gasteiger partial charge in [0.1, 0.15) is 0 Å². The minimum atomic E-state index is 0.941. The largest absolute Gasteiger partial charge is 0.355 e. The van der Waals surface area contributed by atoms with Gasteiger partial charge in [0.2, 0.25) is 0 Å². The van der Waals surface area contributed by atoms with Crippen molar-refractivity contribution < 1.29 is 0 Å². The monoisotopic (exact) mass is 413 g/mol. The van der Waals surface area contributed by atoms with Gasteiger partial charge < -0.3 is 9.88 Å². The van der Waals surface area contributed by atoms with Gasteiger partial charge in [0.05, 0.1) is 21.2 Å². The first-order valence-electron chi connectivity index (χ1n) is 8.76. The first-order valence-corrected chi connectivity index (χ1v) is 9.56. The van der Waals surface area contributed by atoms with E-state index in [1.165, 1.54) is 21.8 Å². The molecule has 0 amide bonds. The summed E-state index contributed by atoms with van der Waals surface area (Å²) >= 11 is 3.52. The van der Waals surface area contributed by atoms with Gasteiger partial charge in [-0.3, -0.25) is 4.98 Å². The summed E-state index contributed by atoms with van der Waals surface area (Å²) < 4.78 is 3.26. The standard InChI is InChI=1S/C23H16BrN3/c24-20-15-25-14-13-21(20)26-16-9-11-17(12-10-16)27-22-7-3-1-5-18(22)19-6-2-4-8-23(19)27/h1-15H,(H,25,26). The van der Waals surface area contributed by atoms with E-state index in [1.54, 1.807) is 12.4 Å². The van der Waals surface area contributed by atoms with Gasteiger partial charge in [-0.25, -0.2) is 0 Å². The van der Waals surface area contributed by atoms with Gasteiger partial charge in [-0.2, -0.15) is 0 Å². The summed E-state index contributed by atoms with van der Waals surface area (Å²) in [6.45, 7) is 0. The number of pyridine rings is 1. The molecule has 5 aromatic rings. The molecule has 0 aliphatic heterocycles. The maximum atomic E-state index is 4.10. The van der Waals surface area contributed by atoms with Crippen LogP contribution in [0.15, 0.2) is 95.7 Å². The third-order valence-corrected chi connectivity index (χ3v) is 5.39. The predicted octanol–water partition coefficient (Wildman–Crippen LogP) is 6.68. The molecule has 0 radical (unpaired) electrons. The van der Waals surface area contributed by atoms with Crippen LogP contribution in [0.5, 0.6) is 0 Å². The number of halogens is 1. The molecule has 0 aliphatic carbocycles. The van der Waals surface area contributed by atoms with Crippen LogP contribution in [0.2, 0.25) is 0 Å². The molecule has 0 fully saturated rings. The van der Waals surface area contributed by atoms with E-state index < -0.39 is 0 Å². The number of hydrogen-bond acceptors (Lipinski definition) is 2. The Labute approximate surface area is 165 Å². The molecule has 0 atom stereocenters. The lowest BCUT2D eigenvalue weighted by molar-refractivity contribution is 1.18. The second kappa shape index (κ2) is 6.56. The van der Waals surface area contributed by atoms with E-state index in [9.17, 15) is 0 Å². The van der Waals surface area contributed by atoms with E-state index in [1.807, 2.05) is 6.07 Å². The second-order valence-corrected chi connectivity index (χ2v) is 7.25. The molecule has 0 aliphatic rings. The third kappa shape index (κ3) is 2.78. The lowest BCUT2D eigenvalue weighted by atomic mass is 10.2. The van der Waals surface area contributed by atoms with E-state index in [0.29, 0.717) is 0 Å². The van der Waals surface area contributed by atoms with Crippen LogP contribution in [0.25, 0.3) is 27.5 Å². The summed E-state index contributed by atoms with van der Waals surface area (Å²) in [4.78, 5) is 4.10. The average molecular weight is 414 g/mol. The highest BCUT2D eigenvalue weighted by Gasteiger charge is 2.11. The summed E-state index contributed by atoms with van der Waals surface area (Å²) in [6.07, 6.45) is 3.56. The number of fused-ring (bicyclic) bond motifs is 3. The zero-order valence-corrected chi connectivity index (χ0v) is 16.0. The van der Waals surface area contributed by atoms with Gasteiger partial charge in [-0.05, 0) is 58.4 Å². The topological polar surface area (TPSA) is 29.9 Å². The number of aromatic nitrogens is 2. The van der Waals surface area contributed by atoms with Crippen molar-refractivity contribution in [3.63, 3.8) is 0 Å². The van der Waals surface area contributed by atoms with Gasteiger partial charge in [0.25, 0.3) is 0 Å². The highest BCUT2D eigenvalue weighted by molar-refractivity contribution is 9.10. The van der Waals surface area contributed by atoms with E-state index in [0.717, 1.165) is 21.5 Å². The SMILES string of the molecule is Brc1cnccc1Nc1ccc(-n2c3ccccc3c3ccccc32)cc1. The fourth-order valence-electron chi connectivity index (χ4n) is 3.53. The van der Waals surface area contributed by atoms with Gasteiger partial charge in [0, 0.05) is 34.5 Å². The summed E-state index contributed by atoms with van der Waals surface area (Å²) in [6, 6.07) is 27.6. The van der Waals surface area contributed by atoms with Crippen molar-refractivity contribution in [2.24, 2.45) is 0 Å². The average Bonchev–Trinajstić information content (AvgIpc) is 3.05. The molecule has 2 heterocycles. The summed E-state index contributed by atoms with van der Waals surface area (Å²) in [5, 5.41) is 5.97. The Hall–Kier alpha value is -3.11. The quantitative estimate of drug-likeness (QED) is 0.357. The molecule has 0 bridgehead atoms. The molecule has 3 nitrogen and oxygen atoms in total. The number of hydrogen-bond donors (Lipinski definition) is 1. The number of nitrogens with one attached hydrogen (secondary N) is 1. The molecule has 5 rings (SSSR count). The maximum Gasteiger partial charge on any atom is 0.0593 e. The fraction of sp³-hybridized carbons (Fsp3) is 0. The number of rotatable bonds is 3. The van der Waals surface area contributed by atoms with Crippen LogP contribution < -0.4 is 5.32 Å². The molecule has 4 heteroatoms. The first kappa shape index (κ1) is 16.1. The lowest BCUT2D eigenvalue weighted by Crippen LogP contribution is -1.95. The van der Waals surface area contributed by atoms with Gasteiger partial charge >= 0.3 is 0 Å². The van der Waals surface area contributed by atoms with Crippen LogP contribution in [0.1, 0.15) is 0 Å². The highest BCUT2D eigenvalue weighted by atomic mass is 79.9. The maximum absolute atomic E-state index is 4.10.